The Balaban J connectivity index is -0.0000000326. The molecule has 2 nitrogen and oxygen atoms in total. The Morgan fingerprint density at radius 1 is 1.30 bits per heavy atom. The van der Waals surface area contributed by atoms with Crippen molar-refractivity contribution in [1.29, 1.82) is 0 Å². The van der Waals surface area contributed by atoms with Gasteiger partial charge < -0.3 is 17.6 Å². The number of rotatable bonds is 0. The van der Waals surface area contributed by atoms with Gasteiger partial charge in [-0.1, -0.05) is 20.8 Å². The van der Waals surface area contributed by atoms with Crippen LogP contribution in [0.15, 0.2) is 5.11 Å². The summed E-state index contributed by atoms with van der Waals surface area (Å²) in [4.78, 5) is 0. The van der Waals surface area contributed by atoms with Gasteiger partial charge in [-0.25, -0.2) is 0 Å². The van der Waals surface area contributed by atoms with E-state index < -0.39 is 0 Å². The molecule has 0 saturated heterocycles. The second kappa shape index (κ2) is 12.6. The molecule has 0 aliphatic heterocycles. The van der Waals surface area contributed by atoms with Gasteiger partial charge in [0, 0.05) is 28.1 Å². The Bertz CT molecular complexity index is 53.3. The largest absolute Gasteiger partial charge is 2.00 e. The van der Waals surface area contributed by atoms with Crippen molar-refractivity contribution >= 4 is 0 Å². The summed E-state index contributed by atoms with van der Waals surface area (Å²) in [6.45, 7) is 10.0. The van der Waals surface area contributed by atoms with Crippen LogP contribution in [0.4, 0.5) is 0 Å². The van der Waals surface area contributed by atoms with Crippen LogP contribution in [0.3, 0.4) is 0 Å². The quantitative estimate of drug-likeness (QED) is 0.376. The Hall–Kier alpha value is 0.977. The zero-order chi connectivity index (χ0) is 7.21. The fraction of sp³-hybridized carbons (Fsp3) is 0.833. The summed E-state index contributed by atoms with van der Waals surface area (Å²) in [5, 5.41) is 2.50. The molecule has 10 heavy (non-hydrogen) atoms. The summed E-state index contributed by atoms with van der Waals surface area (Å²) in [7, 11) is 1.31. The molecule has 0 rings (SSSR count). The number of hydrogen-bond donors (Lipinski definition) is 0. The first-order valence-corrected chi connectivity index (χ1v) is 2.50. The minimum Gasteiger partial charge on any atom is -0.712 e. The third-order valence-electron chi connectivity index (χ3n) is 0. The van der Waals surface area contributed by atoms with E-state index in [1.165, 1.54) is 7.05 Å². The first-order valence-electron chi connectivity index (χ1n) is 2.50. The average Bonchev–Trinajstić information content (AvgIpc) is 1.27. The fourth-order valence-electron chi connectivity index (χ4n) is 0. The molecular weight excluding hydrogens is 468 g/mol. The third kappa shape index (κ3) is 599. The monoisotopic (exact) mass is 482 g/mol. The van der Waals surface area contributed by atoms with E-state index in [2.05, 4.69) is 32.8 Å². The Morgan fingerprint density at radius 2 is 1.30 bits per heavy atom. The smallest absolute Gasteiger partial charge is 0.712 e. The van der Waals surface area contributed by atoms with Crippen molar-refractivity contribution in [2.45, 2.75) is 20.8 Å². The molecule has 0 N–H and O–H groups in total. The molecule has 0 aliphatic carbocycles. The Labute approximate surface area is 92.6 Å². The Morgan fingerprint density at radius 3 is 1.30 bits per heavy atom. The molecule has 0 spiro atoms. The second-order valence-electron chi connectivity index (χ2n) is 2.76. The summed E-state index contributed by atoms with van der Waals surface area (Å²) in [5.41, 5.74) is 7.44. The van der Waals surface area contributed by atoms with Crippen molar-refractivity contribution in [2.75, 3.05) is 7.05 Å². The molecule has 0 aromatic heterocycles. The van der Waals surface area contributed by atoms with Crippen molar-refractivity contribution in [2.24, 2.45) is 10.5 Å². The first-order chi connectivity index (χ1) is 3.41. The van der Waals surface area contributed by atoms with Crippen LogP contribution in [0.1, 0.15) is 20.8 Å². The molecular formula is C6H14N2W2. The van der Waals surface area contributed by atoms with E-state index >= 15 is 0 Å². The predicted molar refractivity (Wildman–Crippen MR) is 36.5 cm³/mol. The van der Waals surface area contributed by atoms with Gasteiger partial charge in [0.2, 0.25) is 0 Å². The zero-order valence-corrected chi connectivity index (χ0v) is 12.8. The van der Waals surface area contributed by atoms with Crippen LogP contribution in [0.25, 0.3) is 5.53 Å². The molecule has 60 valence electrons. The topological polar surface area (TPSA) is 34.7 Å². The van der Waals surface area contributed by atoms with Gasteiger partial charge in [-0.3, -0.25) is 0 Å². The first kappa shape index (κ1) is 22.4. The minimum absolute atomic E-state index is 0. The summed E-state index contributed by atoms with van der Waals surface area (Å²) < 4.78 is 0. The van der Waals surface area contributed by atoms with Crippen LogP contribution in [0.5, 0.6) is 0 Å². The van der Waals surface area contributed by atoms with Gasteiger partial charge in [-0.2, -0.15) is 5.41 Å². The van der Waals surface area contributed by atoms with E-state index in [1.54, 1.807) is 0 Å². The average molecular weight is 482 g/mol. The standard InChI is InChI=1S/C5H11.CH3N2.2W/c1-5(2,3)4;1-3-2;;/h1H2,2-4H3;1H3;;/q2*-1;;+2. The predicted octanol–water partition coefficient (Wildman–Crippen LogP) is 2.50. The van der Waals surface area contributed by atoms with Gasteiger partial charge in [0.15, 0.2) is 0 Å². The molecule has 0 atom stereocenters. The van der Waals surface area contributed by atoms with Crippen LogP contribution in [0.2, 0.25) is 0 Å². The van der Waals surface area contributed by atoms with Gasteiger partial charge in [-0.05, 0) is 0 Å². The minimum atomic E-state index is 0. The molecule has 0 heterocycles. The maximum atomic E-state index is 7.19. The van der Waals surface area contributed by atoms with Crippen LogP contribution in [0, 0.1) is 12.3 Å². The molecule has 0 amide bonds. The van der Waals surface area contributed by atoms with Crippen LogP contribution < -0.4 is 0 Å². The van der Waals surface area contributed by atoms with Crippen molar-refractivity contribution < 1.29 is 42.1 Å². The summed E-state index contributed by atoms with van der Waals surface area (Å²) >= 11 is 0. The summed E-state index contributed by atoms with van der Waals surface area (Å²) in [5.74, 6) is 0. The van der Waals surface area contributed by atoms with E-state index in [0.29, 0.717) is 0 Å². The third-order valence-corrected chi connectivity index (χ3v) is 0. The molecule has 0 bridgehead atoms. The molecule has 0 fully saturated rings. The van der Waals surface area contributed by atoms with Gasteiger partial charge in [0.05, 0.1) is 0 Å². The molecule has 0 aromatic rings. The second-order valence-corrected chi connectivity index (χ2v) is 2.76. The van der Waals surface area contributed by atoms with Crippen molar-refractivity contribution in [3.05, 3.63) is 12.5 Å². The number of nitrogens with zero attached hydrogens (tertiary/aromatic N) is 2. The summed E-state index contributed by atoms with van der Waals surface area (Å²) in [6, 6.07) is 0. The normalized spacial score (nSPS) is 7.30. The van der Waals surface area contributed by atoms with Gasteiger partial charge in [-0.15, -0.1) is 0 Å². The van der Waals surface area contributed by atoms with Crippen LogP contribution in [-0.4, -0.2) is 7.05 Å². The van der Waals surface area contributed by atoms with E-state index in [1.807, 2.05) is 0 Å². The zero-order valence-electron chi connectivity index (χ0n) is 6.92. The fourth-order valence-corrected chi connectivity index (χ4v) is 0. The van der Waals surface area contributed by atoms with E-state index in [9.17, 15) is 0 Å². The van der Waals surface area contributed by atoms with E-state index in [4.69, 9.17) is 5.53 Å². The van der Waals surface area contributed by atoms with Crippen molar-refractivity contribution in [1.82, 2.24) is 0 Å². The van der Waals surface area contributed by atoms with E-state index in [-0.39, 0.29) is 47.5 Å². The molecule has 0 radical (unpaired) electrons. The molecule has 0 saturated carbocycles. The van der Waals surface area contributed by atoms with Gasteiger partial charge in [0.25, 0.3) is 0 Å². The van der Waals surface area contributed by atoms with Gasteiger partial charge in [0.1, 0.15) is 0 Å². The molecule has 4 heteroatoms. The SMILES string of the molecule is CN=[N-].[CH2-]C(C)(C)C.[W+2].[W]. The molecule has 0 unspecified atom stereocenters. The summed E-state index contributed by atoms with van der Waals surface area (Å²) in [6.07, 6.45) is 0. The van der Waals surface area contributed by atoms with Gasteiger partial charge >= 0.3 is 21.1 Å². The Kier molecular flexibility index (Phi) is 28.4. The van der Waals surface area contributed by atoms with E-state index in [0.717, 1.165) is 0 Å². The van der Waals surface area contributed by atoms with Crippen LogP contribution >= 0.6 is 0 Å². The maximum absolute atomic E-state index is 7.19. The number of hydrogen-bond acceptors (Lipinski definition) is 1. The molecule has 0 aliphatic rings. The van der Waals surface area contributed by atoms with Crippen molar-refractivity contribution in [3.63, 3.8) is 0 Å². The van der Waals surface area contributed by atoms with Crippen LogP contribution in [-0.2, 0) is 42.1 Å². The molecule has 0 aromatic carbocycles. The maximum Gasteiger partial charge on any atom is 2.00 e. The van der Waals surface area contributed by atoms with Crippen molar-refractivity contribution in [3.8, 4) is 0 Å².